The fourth-order valence-corrected chi connectivity index (χ4v) is 4.34. The molecular formula is C23H23F3N6O. The zero-order valence-corrected chi connectivity index (χ0v) is 17.7. The third-order valence-corrected chi connectivity index (χ3v) is 6.10. The number of hydrogen-bond acceptors (Lipinski definition) is 6. The van der Waals surface area contributed by atoms with Crippen molar-refractivity contribution in [2.75, 3.05) is 31.6 Å². The van der Waals surface area contributed by atoms with Crippen LogP contribution in [0.5, 0.6) is 0 Å². The van der Waals surface area contributed by atoms with Crippen LogP contribution in [-0.4, -0.2) is 56.2 Å². The zero-order valence-electron chi connectivity index (χ0n) is 17.7. The number of halogens is 3. The van der Waals surface area contributed by atoms with Crippen LogP contribution in [0.1, 0.15) is 29.9 Å². The zero-order chi connectivity index (χ0) is 23.0. The summed E-state index contributed by atoms with van der Waals surface area (Å²) in [6, 6.07) is 9.50. The van der Waals surface area contributed by atoms with Crippen molar-refractivity contribution in [3.8, 4) is 0 Å². The number of fused-ring (bicyclic) bond motifs is 2. The number of rotatable bonds is 5. The number of aromatic nitrogens is 4. The van der Waals surface area contributed by atoms with E-state index < -0.39 is 11.7 Å². The number of likely N-dealkylation sites (tertiary alicyclic amines) is 1. The van der Waals surface area contributed by atoms with Gasteiger partial charge in [-0.1, -0.05) is 6.07 Å². The number of nitrogens with zero attached hydrogens (tertiary/aromatic N) is 4. The van der Waals surface area contributed by atoms with E-state index in [-0.39, 0.29) is 12.1 Å². The molecule has 0 bridgehead atoms. The summed E-state index contributed by atoms with van der Waals surface area (Å²) < 4.78 is 38.7. The van der Waals surface area contributed by atoms with E-state index in [0.29, 0.717) is 23.2 Å². The van der Waals surface area contributed by atoms with Crippen LogP contribution in [0, 0.1) is 0 Å². The lowest BCUT2D eigenvalue weighted by Gasteiger charge is -2.31. The van der Waals surface area contributed by atoms with Crippen molar-refractivity contribution in [2.45, 2.75) is 24.9 Å². The Hall–Kier alpha value is -3.24. The van der Waals surface area contributed by atoms with E-state index in [1.807, 2.05) is 6.07 Å². The second kappa shape index (κ2) is 8.60. The van der Waals surface area contributed by atoms with Gasteiger partial charge in [0.25, 0.3) is 0 Å². The first-order valence-electron chi connectivity index (χ1n) is 10.8. The lowest BCUT2D eigenvalue weighted by molar-refractivity contribution is -0.137. The summed E-state index contributed by atoms with van der Waals surface area (Å²) in [4.78, 5) is 18.5. The van der Waals surface area contributed by atoms with Gasteiger partial charge in [0, 0.05) is 6.54 Å². The molecule has 1 aliphatic rings. The van der Waals surface area contributed by atoms with E-state index in [2.05, 4.69) is 42.3 Å². The maximum absolute atomic E-state index is 12.9. The highest BCUT2D eigenvalue weighted by atomic mass is 19.4. The molecule has 0 spiro atoms. The number of benzene rings is 2. The Kier molecular flexibility index (Phi) is 5.63. The predicted molar refractivity (Wildman–Crippen MR) is 119 cm³/mol. The van der Waals surface area contributed by atoms with Crippen molar-refractivity contribution in [2.24, 2.45) is 0 Å². The Morgan fingerprint density at radius 3 is 2.58 bits per heavy atom. The van der Waals surface area contributed by atoms with Gasteiger partial charge in [-0.3, -0.25) is 4.98 Å². The monoisotopic (exact) mass is 456 g/mol. The topological polar surface area (TPSA) is 90.0 Å². The molecule has 1 saturated heterocycles. The molecule has 0 amide bonds. The molecule has 0 saturated carbocycles. The summed E-state index contributed by atoms with van der Waals surface area (Å²) in [7, 11) is 0. The molecule has 1 fully saturated rings. The third-order valence-electron chi connectivity index (χ3n) is 6.10. The summed E-state index contributed by atoms with van der Waals surface area (Å²) in [5.74, 6) is 1.34. The van der Waals surface area contributed by atoms with Crippen molar-refractivity contribution in [3.63, 3.8) is 0 Å². The number of aromatic amines is 1. The van der Waals surface area contributed by atoms with Gasteiger partial charge in [-0.2, -0.15) is 13.2 Å². The van der Waals surface area contributed by atoms with Gasteiger partial charge in [-0.15, -0.1) is 0 Å². The van der Waals surface area contributed by atoms with Crippen LogP contribution >= 0.6 is 0 Å². The molecule has 172 valence electrons. The van der Waals surface area contributed by atoms with Crippen LogP contribution in [0.4, 0.5) is 24.9 Å². The highest BCUT2D eigenvalue weighted by molar-refractivity contribution is 5.80. The number of β-amino-alcohol motifs (C(OH)–C–C–N with tert-alkyl or cyclic N) is 1. The molecule has 0 aliphatic carbocycles. The number of aliphatic hydroxyl groups excluding tert-OH is 1. The van der Waals surface area contributed by atoms with Gasteiger partial charge in [0.05, 0.1) is 40.4 Å². The van der Waals surface area contributed by atoms with Crippen molar-refractivity contribution in [3.05, 3.63) is 53.7 Å². The van der Waals surface area contributed by atoms with E-state index in [1.165, 1.54) is 17.8 Å². The van der Waals surface area contributed by atoms with E-state index in [0.717, 1.165) is 55.6 Å². The fourth-order valence-electron chi connectivity index (χ4n) is 4.34. The Labute approximate surface area is 187 Å². The molecule has 0 unspecified atom stereocenters. The average molecular weight is 456 g/mol. The molecule has 3 N–H and O–H groups in total. The first-order valence-corrected chi connectivity index (χ1v) is 10.8. The van der Waals surface area contributed by atoms with E-state index >= 15 is 0 Å². The lowest BCUT2D eigenvalue weighted by Crippen LogP contribution is -2.34. The number of imidazole rings is 1. The van der Waals surface area contributed by atoms with Gasteiger partial charge in [0.2, 0.25) is 5.95 Å². The van der Waals surface area contributed by atoms with Crippen LogP contribution in [-0.2, 0) is 6.18 Å². The summed E-state index contributed by atoms with van der Waals surface area (Å²) in [6.07, 6.45) is -0.932. The number of piperidine rings is 1. The SMILES string of the molecule is OCCN1CCC(c2ccc3nc(Nc4cnc5cc(C(F)(F)F)ccc5n4)[nH]c3c2)CC1. The van der Waals surface area contributed by atoms with Gasteiger partial charge < -0.3 is 20.3 Å². The molecular weight excluding hydrogens is 433 g/mol. The van der Waals surface area contributed by atoms with Crippen LogP contribution in [0.3, 0.4) is 0 Å². The Morgan fingerprint density at radius 1 is 1.03 bits per heavy atom. The smallest absolute Gasteiger partial charge is 0.395 e. The second-order valence-corrected chi connectivity index (χ2v) is 8.28. The maximum atomic E-state index is 12.9. The van der Waals surface area contributed by atoms with E-state index in [4.69, 9.17) is 5.11 Å². The average Bonchev–Trinajstić information content (AvgIpc) is 3.20. The number of hydrogen-bond donors (Lipinski definition) is 3. The number of aliphatic hydroxyl groups is 1. The van der Waals surface area contributed by atoms with Gasteiger partial charge in [-0.05, 0) is 67.7 Å². The van der Waals surface area contributed by atoms with Crippen molar-refractivity contribution < 1.29 is 18.3 Å². The normalized spacial score (nSPS) is 16.0. The van der Waals surface area contributed by atoms with E-state index in [1.54, 1.807) is 0 Å². The van der Waals surface area contributed by atoms with Gasteiger partial charge >= 0.3 is 6.18 Å². The highest BCUT2D eigenvalue weighted by Crippen LogP contribution is 2.32. The first-order chi connectivity index (χ1) is 15.9. The molecule has 5 rings (SSSR count). The standard InChI is InChI=1S/C23H23F3N6O/c24-23(25,26)16-2-4-17-19(12-16)27-13-21(28-17)31-22-29-18-3-1-15(11-20(18)30-22)14-5-7-32(8-6-14)9-10-33/h1-4,11-14,33H,5-10H2,(H2,28,29,30,31). The quantitative estimate of drug-likeness (QED) is 0.411. The molecule has 2 aromatic carbocycles. The fraction of sp³-hybridized carbons (Fsp3) is 0.348. The van der Waals surface area contributed by atoms with Gasteiger partial charge in [0.1, 0.15) is 0 Å². The summed E-state index contributed by atoms with van der Waals surface area (Å²) >= 11 is 0. The minimum absolute atomic E-state index is 0.176. The Bertz CT molecular complexity index is 1280. The molecule has 1 aliphatic heterocycles. The molecule has 7 nitrogen and oxygen atoms in total. The van der Waals surface area contributed by atoms with Crippen LogP contribution in [0.2, 0.25) is 0 Å². The summed E-state index contributed by atoms with van der Waals surface area (Å²) in [6.45, 7) is 2.87. The Morgan fingerprint density at radius 2 is 1.82 bits per heavy atom. The molecule has 2 aromatic heterocycles. The minimum Gasteiger partial charge on any atom is -0.395 e. The van der Waals surface area contributed by atoms with Crippen LogP contribution in [0.25, 0.3) is 22.1 Å². The Balaban J connectivity index is 1.32. The molecule has 0 radical (unpaired) electrons. The molecule has 4 aromatic rings. The highest BCUT2D eigenvalue weighted by Gasteiger charge is 2.30. The summed E-state index contributed by atoms with van der Waals surface area (Å²) in [5, 5.41) is 12.2. The number of anilines is 2. The van der Waals surface area contributed by atoms with Crippen molar-refractivity contribution in [1.29, 1.82) is 0 Å². The third kappa shape index (κ3) is 4.62. The largest absolute Gasteiger partial charge is 0.416 e. The molecule has 0 atom stereocenters. The number of alkyl halides is 3. The number of nitrogens with one attached hydrogen (secondary N) is 2. The van der Waals surface area contributed by atoms with Gasteiger partial charge in [-0.25, -0.2) is 9.97 Å². The first kappa shape index (κ1) is 21.6. The minimum atomic E-state index is -4.42. The predicted octanol–water partition coefficient (Wildman–Crippen LogP) is 4.44. The number of H-pyrrole nitrogens is 1. The van der Waals surface area contributed by atoms with Crippen LogP contribution in [0.15, 0.2) is 42.6 Å². The molecule has 10 heteroatoms. The second-order valence-electron chi connectivity index (χ2n) is 8.28. The van der Waals surface area contributed by atoms with Gasteiger partial charge in [0.15, 0.2) is 5.82 Å². The van der Waals surface area contributed by atoms with Crippen molar-refractivity contribution >= 4 is 33.8 Å². The van der Waals surface area contributed by atoms with Crippen molar-refractivity contribution in [1.82, 2.24) is 24.8 Å². The van der Waals surface area contributed by atoms with E-state index in [9.17, 15) is 13.2 Å². The maximum Gasteiger partial charge on any atom is 0.416 e. The summed E-state index contributed by atoms with van der Waals surface area (Å²) in [5.41, 5.74) is 2.75. The lowest BCUT2D eigenvalue weighted by atomic mass is 9.89. The molecule has 3 heterocycles. The van der Waals surface area contributed by atoms with Crippen LogP contribution < -0.4 is 5.32 Å². The molecule has 33 heavy (non-hydrogen) atoms.